The largest absolute Gasteiger partial charge is 0.469 e. The number of hydrogen-bond donors (Lipinski definition) is 1. The predicted molar refractivity (Wildman–Crippen MR) is 64.6 cm³/mol. The van der Waals surface area contributed by atoms with Crippen LogP contribution in [-0.4, -0.2) is 47.4 Å². The van der Waals surface area contributed by atoms with E-state index in [2.05, 4.69) is 10.1 Å². The zero-order chi connectivity index (χ0) is 14.1. The molecule has 1 saturated heterocycles. The molecule has 0 spiro atoms. The summed E-state index contributed by atoms with van der Waals surface area (Å²) >= 11 is 0. The normalized spacial score (nSPS) is 22.5. The minimum absolute atomic E-state index is 0.143. The standard InChI is InChI=1S/C12H20N2O4/c1-11(2)9(16)13-10(17)12(3,4)14(11)7-6-8(15)18-5/h6-7H2,1-5H3,(H,13,16,17). The van der Waals surface area contributed by atoms with E-state index >= 15 is 0 Å². The number of nitrogens with one attached hydrogen (secondary N) is 1. The maximum absolute atomic E-state index is 11.8. The zero-order valence-electron chi connectivity index (χ0n) is 11.5. The molecule has 0 saturated carbocycles. The van der Waals surface area contributed by atoms with Gasteiger partial charge in [0.25, 0.3) is 0 Å². The molecule has 0 radical (unpaired) electrons. The topological polar surface area (TPSA) is 75.7 Å². The van der Waals surface area contributed by atoms with E-state index in [9.17, 15) is 14.4 Å². The average Bonchev–Trinajstić information content (AvgIpc) is 2.26. The maximum Gasteiger partial charge on any atom is 0.306 e. The molecular formula is C12H20N2O4. The summed E-state index contributed by atoms with van der Waals surface area (Å²) in [5.41, 5.74) is -1.68. The van der Waals surface area contributed by atoms with E-state index in [-0.39, 0.29) is 24.2 Å². The van der Waals surface area contributed by atoms with Gasteiger partial charge in [0.1, 0.15) is 0 Å². The molecule has 102 valence electrons. The van der Waals surface area contributed by atoms with E-state index in [1.165, 1.54) is 7.11 Å². The lowest BCUT2D eigenvalue weighted by Gasteiger charge is -2.50. The zero-order valence-corrected chi connectivity index (χ0v) is 11.5. The highest BCUT2D eigenvalue weighted by Gasteiger charge is 2.51. The van der Waals surface area contributed by atoms with Gasteiger partial charge in [0.15, 0.2) is 0 Å². The lowest BCUT2D eigenvalue weighted by atomic mass is 9.87. The predicted octanol–water partition coefficient (Wildman–Crippen LogP) is 0.0651. The number of methoxy groups -OCH3 is 1. The number of ether oxygens (including phenoxy) is 1. The van der Waals surface area contributed by atoms with Gasteiger partial charge in [-0.25, -0.2) is 0 Å². The molecule has 1 fully saturated rings. The Kier molecular flexibility index (Phi) is 3.81. The lowest BCUT2D eigenvalue weighted by Crippen LogP contribution is -2.73. The Bertz CT molecular complexity index is 362. The molecule has 0 aliphatic carbocycles. The first-order chi connectivity index (χ1) is 8.14. The molecule has 0 aromatic rings. The Morgan fingerprint density at radius 2 is 1.61 bits per heavy atom. The van der Waals surface area contributed by atoms with Crippen molar-refractivity contribution < 1.29 is 19.1 Å². The van der Waals surface area contributed by atoms with Crippen LogP contribution in [0.3, 0.4) is 0 Å². The van der Waals surface area contributed by atoms with Gasteiger partial charge in [-0.15, -0.1) is 0 Å². The van der Waals surface area contributed by atoms with Gasteiger partial charge in [-0.1, -0.05) is 0 Å². The highest BCUT2D eigenvalue weighted by Crippen LogP contribution is 2.30. The SMILES string of the molecule is COC(=O)CCN1C(C)(C)C(=O)NC(=O)C1(C)C. The summed E-state index contributed by atoms with van der Waals surface area (Å²) < 4.78 is 4.58. The number of nitrogens with zero attached hydrogens (tertiary/aromatic N) is 1. The Morgan fingerprint density at radius 3 is 2.00 bits per heavy atom. The van der Waals surface area contributed by atoms with Gasteiger partial charge in [0, 0.05) is 6.54 Å². The number of rotatable bonds is 3. The summed E-state index contributed by atoms with van der Waals surface area (Å²) in [5, 5.41) is 2.36. The van der Waals surface area contributed by atoms with Crippen molar-refractivity contribution in [2.24, 2.45) is 0 Å². The summed E-state index contributed by atoms with van der Waals surface area (Å²) in [5.74, 6) is -1.06. The molecule has 0 unspecified atom stereocenters. The second-order valence-corrected chi connectivity index (χ2v) is 5.38. The van der Waals surface area contributed by atoms with Crippen molar-refractivity contribution in [1.29, 1.82) is 0 Å². The summed E-state index contributed by atoms with van der Waals surface area (Å²) in [6.07, 6.45) is 0.143. The third-order valence-corrected chi connectivity index (χ3v) is 3.46. The molecule has 0 aromatic carbocycles. The van der Waals surface area contributed by atoms with Crippen molar-refractivity contribution in [1.82, 2.24) is 10.2 Å². The third-order valence-electron chi connectivity index (χ3n) is 3.46. The van der Waals surface area contributed by atoms with E-state index in [0.717, 1.165) is 0 Å². The molecule has 0 atom stereocenters. The third kappa shape index (κ3) is 2.38. The van der Waals surface area contributed by atoms with Crippen LogP contribution >= 0.6 is 0 Å². The number of imide groups is 1. The van der Waals surface area contributed by atoms with Crippen LogP contribution in [-0.2, 0) is 19.1 Å². The number of carbonyl (C=O) groups is 3. The minimum Gasteiger partial charge on any atom is -0.469 e. The number of carbonyl (C=O) groups excluding carboxylic acids is 3. The molecule has 1 aliphatic heterocycles. The molecular weight excluding hydrogens is 236 g/mol. The maximum atomic E-state index is 11.8. The average molecular weight is 256 g/mol. The Balaban J connectivity index is 2.96. The van der Waals surface area contributed by atoms with Crippen molar-refractivity contribution in [2.45, 2.75) is 45.2 Å². The van der Waals surface area contributed by atoms with Crippen molar-refractivity contribution in [3.63, 3.8) is 0 Å². The minimum atomic E-state index is -0.842. The monoisotopic (exact) mass is 256 g/mol. The van der Waals surface area contributed by atoms with Crippen molar-refractivity contribution in [3.05, 3.63) is 0 Å². The first kappa shape index (κ1) is 14.6. The molecule has 6 nitrogen and oxygen atoms in total. The molecule has 1 aliphatic rings. The summed E-state index contributed by atoms with van der Waals surface area (Å²) in [4.78, 5) is 36.6. The number of hydrogen-bond acceptors (Lipinski definition) is 5. The highest BCUT2D eigenvalue weighted by atomic mass is 16.5. The van der Waals surface area contributed by atoms with Crippen molar-refractivity contribution >= 4 is 17.8 Å². The lowest BCUT2D eigenvalue weighted by molar-refractivity contribution is -0.159. The fourth-order valence-electron chi connectivity index (χ4n) is 2.22. The molecule has 18 heavy (non-hydrogen) atoms. The van der Waals surface area contributed by atoms with E-state index in [1.54, 1.807) is 32.6 Å². The molecule has 1 N–H and O–H groups in total. The number of esters is 1. The molecule has 6 heteroatoms. The summed E-state index contributed by atoms with van der Waals surface area (Å²) in [7, 11) is 1.31. The second kappa shape index (κ2) is 4.68. The summed E-state index contributed by atoms with van der Waals surface area (Å²) in [6, 6.07) is 0. The van der Waals surface area contributed by atoms with Crippen LogP contribution < -0.4 is 5.32 Å². The van der Waals surface area contributed by atoms with E-state index in [0.29, 0.717) is 6.54 Å². The van der Waals surface area contributed by atoms with Crippen LogP contribution in [0, 0.1) is 0 Å². The summed E-state index contributed by atoms with van der Waals surface area (Å²) in [6.45, 7) is 7.22. The van der Waals surface area contributed by atoms with Gasteiger partial charge in [-0.2, -0.15) is 0 Å². The van der Waals surface area contributed by atoms with Crippen LogP contribution in [0.1, 0.15) is 34.1 Å². The van der Waals surface area contributed by atoms with Crippen LogP contribution in [0.2, 0.25) is 0 Å². The Morgan fingerprint density at radius 1 is 1.17 bits per heavy atom. The molecule has 1 heterocycles. The number of piperazine rings is 1. The van der Waals surface area contributed by atoms with Gasteiger partial charge in [0.2, 0.25) is 11.8 Å². The van der Waals surface area contributed by atoms with Crippen molar-refractivity contribution in [2.75, 3.05) is 13.7 Å². The highest BCUT2D eigenvalue weighted by molar-refractivity contribution is 6.06. The fraction of sp³-hybridized carbons (Fsp3) is 0.750. The van der Waals surface area contributed by atoms with Crippen LogP contribution in [0.25, 0.3) is 0 Å². The van der Waals surface area contributed by atoms with E-state index in [4.69, 9.17) is 0 Å². The van der Waals surface area contributed by atoms with Gasteiger partial charge < -0.3 is 4.74 Å². The van der Waals surface area contributed by atoms with E-state index in [1.807, 2.05) is 0 Å². The fourth-order valence-corrected chi connectivity index (χ4v) is 2.22. The van der Waals surface area contributed by atoms with Gasteiger partial charge in [-0.3, -0.25) is 24.6 Å². The van der Waals surface area contributed by atoms with E-state index < -0.39 is 11.1 Å². The Hall–Kier alpha value is -1.43. The first-order valence-corrected chi connectivity index (χ1v) is 5.84. The quantitative estimate of drug-likeness (QED) is 0.571. The molecule has 0 bridgehead atoms. The van der Waals surface area contributed by atoms with Crippen LogP contribution in [0.5, 0.6) is 0 Å². The van der Waals surface area contributed by atoms with Gasteiger partial charge in [0.05, 0.1) is 24.6 Å². The van der Waals surface area contributed by atoms with Crippen LogP contribution in [0.4, 0.5) is 0 Å². The number of amides is 2. The second-order valence-electron chi connectivity index (χ2n) is 5.38. The molecule has 2 amide bonds. The molecule has 1 rings (SSSR count). The first-order valence-electron chi connectivity index (χ1n) is 5.84. The van der Waals surface area contributed by atoms with Gasteiger partial charge in [-0.05, 0) is 27.7 Å². The molecule has 0 aromatic heterocycles. The smallest absolute Gasteiger partial charge is 0.306 e. The van der Waals surface area contributed by atoms with Crippen molar-refractivity contribution in [3.8, 4) is 0 Å². The van der Waals surface area contributed by atoms with Crippen LogP contribution in [0.15, 0.2) is 0 Å². The Labute approximate surface area is 107 Å². The van der Waals surface area contributed by atoms with Gasteiger partial charge >= 0.3 is 5.97 Å².